The quantitative estimate of drug-likeness (QED) is 0.121. The van der Waals surface area contributed by atoms with Gasteiger partial charge in [0.1, 0.15) is 23.7 Å². The number of hydrogen-bond acceptors (Lipinski definition) is 7. The fourth-order valence-corrected chi connectivity index (χ4v) is 7.53. The number of carbonyl (C=O) groups is 3. The normalized spacial score (nSPS) is 18.2. The number of carbonyl (C=O) groups excluding carboxylic acids is 3. The number of aromatic amines is 2. The minimum Gasteiger partial charge on any atom is -0.453 e. The predicted octanol–water partition coefficient (Wildman–Crippen LogP) is 6.56. The highest BCUT2D eigenvalue weighted by atomic mass is 16.5. The molecule has 53 heavy (non-hydrogen) atoms. The van der Waals surface area contributed by atoms with Crippen LogP contribution in [0.4, 0.5) is 4.79 Å². The van der Waals surface area contributed by atoms with E-state index in [9.17, 15) is 14.4 Å². The third-order valence-corrected chi connectivity index (χ3v) is 10.3. The zero-order valence-electron chi connectivity index (χ0n) is 30.3. The fourth-order valence-electron chi connectivity index (χ4n) is 7.53. The van der Waals surface area contributed by atoms with E-state index in [1.807, 2.05) is 48.4 Å². The molecule has 3 amide bonds. The Bertz CT molecular complexity index is 2020. The Morgan fingerprint density at radius 1 is 0.755 bits per heavy atom. The van der Waals surface area contributed by atoms with Crippen LogP contribution < -0.4 is 10.6 Å². The van der Waals surface area contributed by atoms with Gasteiger partial charge in [0.25, 0.3) is 0 Å². The monoisotopic (exact) mass is 714 g/mol. The van der Waals surface area contributed by atoms with E-state index >= 15 is 0 Å². The molecule has 4 heterocycles. The van der Waals surface area contributed by atoms with Crippen molar-refractivity contribution >= 4 is 17.9 Å². The Hall–Kier alpha value is -5.75. The van der Waals surface area contributed by atoms with Crippen molar-refractivity contribution in [2.75, 3.05) is 26.7 Å². The van der Waals surface area contributed by atoms with Gasteiger partial charge < -0.3 is 35.1 Å². The van der Waals surface area contributed by atoms with E-state index in [1.165, 1.54) is 7.11 Å². The molecular formula is C41H46N8O4. The number of hydrogen-bond donors (Lipinski definition) is 4. The number of aromatic nitrogens is 4. The van der Waals surface area contributed by atoms with Crippen molar-refractivity contribution in [1.29, 1.82) is 0 Å². The van der Waals surface area contributed by atoms with Gasteiger partial charge in [-0.2, -0.15) is 0 Å². The Morgan fingerprint density at radius 2 is 1.25 bits per heavy atom. The van der Waals surface area contributed by atoms with Crippen LogP contribution in [-0.2, 0) is 14.3 Å². The van der Waals surface area contributed by atoms with Crippen molar-refractivity contribution in [2.45, 2.75) is 63.7 Å². The first-order chi connectivity index (χ1) is 25.8. The minimum absolute atomic E-state index is 0.0790. The van der Waals surface area contributed by atoms with Gasteiger partial charge in [0.05, 0.1) is 43.0 Å². The van der Waals surface area contributed by atoms with Crippen molar-refractivity contribution in [2.24, 2.45) is 0 Å². The topological polar surface area (TPSA) is 148 Å². The van der Waals surface area contributed by atoms with Gasteiger partial charge in [-0.1, -0.05) is 85.8 Å². The van der Waals surface area contributed by atoms with Crippen molar-refractivity contribution in [3.05, 3.63) is 108 Å². The minimum atomic E-state index is -0.697. The molecule has 12 nitrogen and oxygen atoms in total. The largest absolute Gasteiger partial charge is 0.453 e. The zero-order valence-corrected chi connectivity index (χ0v) is 30.3. The number of likely N-dealkylation sites (tertiary alicyclic amines) is 2. The van der Waals surface area contributed by atoms with Crippen LogP contribution in [-0.4, -0.2) is 80.4 Å². The molecule has 5 aromatic rings. The van der Waals surface area contributed by atoms with Crippen LogP contribution in [0.3, 0.4) is 0 Å². The number of amides is 3. The number of methoxy groups -OCH3 is 1. The predicted molar refractivity (Wildman–Crippen MR) is 202 cm³/mol. The molecule has 2 aliphatic rings. The number of nitrogens with one attached hydrogen (secondary N) is 4. The molecule has 4 N–H and O–H groups in total. The zero-order chi connectivity index (χ0) is 36.9. The Morgan fingerprint density at radius 3 is 1.74 bits per heavy atom. The Labute approximate surface area is 309 Å². The van der Waals surface area contributed by atoms with Crippen LogP contribution >= 0.6 is 0 Å². The maximum Gasteiger partial charge on any atom is 0.407 e. The van der Waals surface area contributed by atoms with Gasteiger partial charge in [0, 0.05) is 13.1 Å². The van der Waals surface area contributed by atoms with E-state index in [2.05, 4.69) is 78.9 Å². The van der Waals surface area contributed by atoms with Crippen molar-refractivity contribution < 1.29 is 19.1 Å². The van der Waals surface area contributed by atoms with Gasteiger partial charge in [0.15, 0.2) is 0 Å². The standard InChI is InChI=1S/C41H46N8O4/c1-4-42-36(31-10-6-5-7-11-31)40(51)49-23-9-13-35(49)38-44-25-33(47-38)30-20-16-28(17-21-30)27-14-18-29(19-15-27)32-24-43-37(46-32)34-12-8-22-48(34)39(50)26(2)45-41(52)53-3/h5-7,10-11,14-21,24-26,34-36,42H,4,8-9,12-13,22-23H2,1-3H3,(H,43,46)(H,44,47)(H,45,52)/t26-,34?,35-,36+/m0/s1. The fraction of sp³-hybridized carbons (Fsp3) is 0.341. The third-order valence-electron chi connectivity index (χ3n) is 10.3. The molecule has 274 valence electrons. The van der Waals surface area contributed by atoms with Gasteiger partial charge >= 0.3 is 6.09 Å². The Balaban J connectivity index is 1.00. The van der Waals surface area contributed by atoms with E-state index in [0.717, 1.165) is 76.5 Å². The number of likely N-dealkylation sites (N-methyl/N-ethyl adjacent to an activating group) is 1. The second kappa shape index (κ2) is 15.9. The molecule has 2 aliphatic heterocycles. The lowest BCUT2D eigenvalue weighted by Gasteiger charge is -2.28. The van der Waals surface area contributed by atoms with Gasteiger partial charge in [-0.15, -0.1) is 0 Å². The van der Waals surface area contributed by atoms with Crippen molar-refractivity contribution in [1.82, 2.24) is 40.4 Å². The molecule has 2 aromatic heterocycles. The molecule has 0 saturated carbocycles. The van der Waals surface area contributed by atoms with E-state index in [-0.39, 0.29) is 29.9 Å². The van der Waals surface area contributed by atoms with Gasteiger partial charge in [0.2, 0.25) is 11.8 Å². The number of H-pyrrole nitrogens is 2. The van der Waals surface area contributed by atoms with E-state index < -0.39 is 12.1 Å². The molecule has 12 heteroatoms. The summed E-state index contributed by atoms with van der Waals surface area (Å²) in [6.45, 7) is 5.70. The second-order valence-corrected chi connectivity index (χ2v) is 13.7. The highest BCUT2D eigenvalue weighted by Gasteiger charge is 2.36. The number of ether oxygens (including phenoxy) is 1. The van der Waals surface area contributed by atoms with Gasteiger partial charge in [-0.25, -0.2) is 14.8 Å². The number of nitrogens with zero attached hydrogens (tertiary/aromatic N) is 4. The van der Waals surface area contributed by atoms with Crippen LogP contribution in [0.15, 0.2) is 91.3 Å². The maximum absolute atomic E-state index is 13.8. The third kappa shape index (κ3) is 7.59. The number of rotatable bonds is 11. The van der Waals surface area contributed by atoms with Crippen LogP contribution in [0.25, 0.3) is 33.6 Å². The van der Waals surface area contributed by atoms with Crippen molar-refractivity contribution in [3.8, 4) is 33.6 Å². The van der Waals surface area contributed by atoms with E-state index in [4.69, 9.17) is 4.98 Å². The molecule has 0 spiro atoms. The lowest BCUT2D eigenvalue weighted by atomic mass is 10.0. The van der Waals surface area contributed by atoms with Crippen LogP contribution in [0.1, 0.15) is 74.9 Å². The summed E-state index contributed by atoms with van der Waals surface area (Å²) < 4.78 is 4.65. The molecule has 4 atom stereocenters. The molecule has 7 rings (SSSR count). The van der Waals surface area contributed by atoms with Gasteiger partial charge in [-0.3, -0.25) is 9.59 Å². The SMILES string of the molecule is CCN[C@@H](C(=O)N1CCC[C@H]1c1ncc(-c2ccc(-c3ccc(-c4cnc(C5CCCN5C(=O)[C@H](C)NC(=O)OC)[nH]4)cc3)cc2)[nH]1)c1ccccc1. The maximum atomic E-state index is 13.8. The summed E-state index contributed by atoms with van der Waals surface area (Å²) in [5.74, 6) is 1.46. The summed E-state index contributed by atoms with van der Waals surface area (Å²) in [6, 6.07) is 25.2. The average Bonchev–Trinajstić information content (AvgIpc) is 4.04. The van der Waals surface area contributed by atoms with Crippen LogP contribution in [0, 0.1) is 0 Å². The summed E-state index contributed by atoms with van der Waals surface area (Å²) in [5.41, 5.74) is 6.94. The summed E-state index contributed by atoms with van der Waals surface area (Å²) >= 11 is 0. The molecule has 3 aromatic carbocycles. The summed E-state index contributed by atoms with van der Waals surface area (Å²) in [7, 11) is 1.28. The average molecular weight is 715 g/mol. The summed E-state index contributed by atoms with van der Waals surface area (Å²) in [6.07, 6.45) is 6.49. The molecule has 1 unspecified atom stereocenters. The summed E-state index contributed by atoms with van der Waals surface area (Å²) in [4.78, 5) is 58.6. The van der Waals surface area contributed by atoms with E-state index in [1.54, 1.807) is 18.0 Å². The lowest BCUT2D eigenvalue weighted by Crippen LogP contribution is -2.46. The lowest BCUT2D eigenvalue weighted by molar-refractivity contribution is -0.135. The molecule has 2 saturated heterocycles. The molecule has 0 aliphatic carbocycles. The molecular weight excluding hydrogens is 669 g/mol. The van der Waals surface area contributed by atoms with Crippen LogP contribution in [0.2, 0.25) is 0 Å². The smallest absolute Gasteiger partial charge is 0.407 e. The number of benzene rings is 3. The van der Waals surface area contributed by atoms with E-state index in [0.29, 0.717) is 19.6 Å². The second-order valence-electron chi connectivity index (χ2n) is 13.7. The highest BCUT2D eigenvalue weighted by Crippen LogP contribution is 2.35. The first-order valence-electron chi connectivity index (χ1n) is 18.4. The molecule has 0 bridgehead atoms. The molecule has 0 radical (unpaired) electrons. The van der Waals surface area contributed by atoms with Crippen LogP contribution in [0.5, 0.6) is 0 Å². The summed E-state index contributed by atoms with van der Waals surface area (Å²) in [5, 5.41) is 5.95. The molecule has 2 fully saturated rings. The number of imidazole rings is 2. The van der Waals surface area contributed by atoms with Crippen molar-refractivity contribution in [3.63, 3.8) is 0 Å². The first kappa shape index (κ1) is 35.6. The number of alkyl carbamates (subject to hydrolysis) is 1. The first-order valence-corrected chi connectivity index (χ1v) is 18.4. The van der Waals surface area contributed by atoms with Gasteiger partial charge in [-0.05, 0) is 67.0 Å². The highest BCUT2D eigenvalue weighted by molar-refractivity contribution is 5.86. The Kier molecular flexibility index (Phi) is 10.7.